The van der Waals surface area contributed by atoms with E-state index in [9.17, 15) is 27.6 Å². The maximum absolute atomic E-state index is 13.7. The van der Waals surface area contributed by atoms with Gasteiger partial charge in [0.25, 0.3) is 0 Å². The molecule has 31 heavy (non-hydrogen) atoms. The molecule has 0 fully saturated rings. The number of hydrogen-bond acceptors (Lipinski definition) is 4. The molecule has 0 N–H and O–H groups in total. The van der Waals surface area contributed by atoms with Crippen LogP contribution in [0.4, 0.5) is 13.2 Å². The molecule has 0 heterocycles. The van der Waals surface area contributed by atoms with Crippen molar-refractivity contribution in [2.75, 3.05) is 0 Å². The van der Waals surface area contributed by atoms with Gasteiger partial charge in [0.1, 0.15) is 5.75 Å². The summed E-state index contributed by atoms with van der Waals surface area (Å²) < 4.78 is 46.5. The second-order valence-electron chi connectivity index (χ2n) is 7.05. The molecule has 156 valence electrons. The molecule has 0 saturated heterocycles. The van der Waals surface area contributed by atoms with E-state index in [1.807, 2.05) is 0 Å². The molecule has 0 aromatic heterocycles. The lowest BCUT2D eigenvalue weighted by atomic mass is 9.98. The molecule has 3 aromatic carbocycles. The van der Waals surface area contributed by atoms with Crippen LogP contribution in [0.2, 0.25) is 0 Å². The number of ketones is 3. The van der Waals surface area contributed by atoms with Crippen LogP contribution in [0, 0.1) is 0 Å². The monoisotopic (exact) mass is 424 g/mol. The number of alkyl halides is 3. The zero-order valence-electron chi connectivity index (χ0n) is 16.0. The Balaban J connectivity index is 1.78. The SMILES string of the molecule is O=C(C(=O)c1cccc(C(F)(F)F)c1Oc1ccc2c(c1)CCC2=O)c1ccccc1. The molecule has 1 aliphatic carbocycles. The van der Waals surface area contributed by atoms with Crippen molar-refractivity contribution in [2.24, 2.45) is 0 Å². The average molecular weight is 424 g/mol. The topological polar surface area (TPSA) is 60.4 Å². The second-order valence-corrected chi connectivity index (χ2v) is 7.05. The number of fused-ring (bicyclic) bond motifs is 1. The van der Waals surface area contributed by atoms with Crippen LogP contribution in [0.15, 0.2) is 66.7 Å². The van der Waals surface area contributed by atoms with Gasteiger partial charge < -0.3 is 4.74 Å². The molecule has 0 unspecified atom stereocenters. The minimum atomic E-state index is -4.81. The number of ether oxygens (including phenoxy) is 1. The van der Waals surface area contributed by atoms with E-state index >= 15 is 0 Å². The molecular formula is C24H15F3O4. The molecule has 4 rings (SSSR count). The predicted octanol–water partition coefficient (Wildman–Crippen LogP) is 5.69. The van der Waals surface area contributed by atoms with Gasteiger partial charge in [0, 0.05) is 17.5 Å². The predicted molar refractivity (Wildman–Crippen MR) is 106 cm³/mol. The summed E-state index contributed by atoms with van der Waals surface area (Å²) in [6.07, 6.45) is -4.02. The highest BCUT2D eigenvalue weighted by atomic mass is 19.4. The van der Waals surface area contributed by atoms with E-state index < -0.39 is 34.6 Å². The van der Waals surface area contributed by atoms with Crippen molar-refractivity contribution in [3.05, 3.63) is 94.5 Å². The van der Waals surface area contributed by atoms with E-state index in [1.54, 1.807) is 18.2 Å². The van der Waals surface area contributed by atoms with Crippen molar-refractivity contribution in [1.82, 2.24) is 0 Å². The number of carbonyl (C=O) groups is 3. The Morgan fingerprint density at radius 2 is 1.58 bits per heavy atom. The number of benzene rings is 3. The third kappa shape index (κ3) is 3.99. The van der Waals surface area contributed by atoms with Crippen molar-refractivity contribution in [1.29, 1.82) is 0 Å². The van der Waals surface area contributed by atoms with Gasteiger partial charge >= 0.3 is 6.18 Å². The summed E-state index contributed by atoms with van der Waals surface area (Å²) >= 11 is 0. The van der Waals surface area contributed by atoms with Crippen molar-refractivity contribution in [3.8, 4) is 11.5 Å². The normalized spacial score (nSPS) is 13.1. The van der Waals surface area contributed by atoms with E-state index in [0.717, 1.165) is 18.2 Å². The van der Waals surface area contributed by atoms with Crippen LogP contribution in [0.25, 0.3) is 0 Å². The minimum Gasteiger partial charge on any atom is -0.456 e. The lowest BCUT2D eigenvalue weighted by molar-refractivity contribution is -0.138. The highest BCUT2D eigenvalue weighted by molar-refractivity contribution is 6.49. The average Bonchev–Trinajstić information content (AvgIpc) is 3.13. The number of halogens is 3. The maximum Gasteiger partial charge on any atom is 0.420 e. The quantitative estimate of drug-likeness (QED) is 0.390. The first-order valence-corrected chi connectivity index (χ1v) is 9.44. The van der Waals surface area contributed by atoms with Crippen LogP contribution >= 0.6 is 0 Å². The third-order valence-electron chi connectivity index (χ3n) is 5.03. The van der Waals surface area contributed by atoms with Gasteiger partial charge in [-0.3, -0.25) is 14.4 Å². The largest absolute Gasteiger partial charge is 0.456 e. The molecule has 0 amide bonds. The third-order valence-corrected chi connectivity index (χ3v) is 5.03. The van der Waals surface area contributed by atoms with Crippen LogP contribution in [0.3, 0.4) is 0 Å². The van der Waals surface area contributed by atoms with Gasteiger partial charge in [-0.05, 0) is 42.3 Å². The summed E-state index contributed by atoms with van der Waals surface area (Å²) in [7, 11) is 0. The first-order chi connectivity index (χ1) is 14.8. The zero-order valence-corrected chi connectivity index (χ0v) is 16.0. The van der Waals surface area contributed by atoms with Gasteiger partial charge in [-0.15, -0.1) is 0 Å². The summed E-state index contributed by atoms with van der Waals surface area (Å²) in [4.78, 5) is 37.2. The first kappa shape index (κ1) is 20.5. The molecule has 0 atom stereocenters. The Kier molecular flexibility index (Phi) is 5.19. The van der Waals surface area contributed by atoms with Crippen molar-refractivity contribution < 1.29 is 32.3 Å². The van der Waals surface area contributed by atoms with E-state index in [4.69, 9.17) is 4.74 Å². The lowest BCUT2D eigenvalue weighted by Gasteiger charge is -2.17. The molecule has 0 spiro atoms. The second kappa shape index (κ2) is 7.83. The maximum atomic E-state index is 13.7. The molecule has 3 aromatic rings. The molecular weight excluding hydrogens is 409 g/mol. The summed E-state index contributed by atoms with van der Waals surface area (Å²) in [5, 5.41) is 0. The van der Waals surface area contributed by atoms with Crippen molar-refractivity contribution in [2.45, 2.75) is 19.0 Å². The minimum absolute atomic E-state index is 0.0402. The van der Waals surface area contributed by atoms with Crippen LogP contribution in [-0.4, -0.2) is 17.3 Å². The molecule has 0 saturated carbocycles. The van der Waals surface area contributed by atoms with Crippen molar-refractivity contribution >= 4 is 17.3 Å². The highest BCUT2D eigenvalue weighted by Gasteiger charge is 2.37. The Morgan fingerprint density at radius 1 is 0.839 bits per heavy atom. The van der Waals surface area contributed by atoms with E-state index in [2.05, 4.69) is 0 Å². The van der Waals surface area contributed by atoms with Crippen LogP contribution in [0.5, 0.6) is 11.5 Å². The van der Waals surface area contributed by atoms with Gasteiger partial charge in [-0.2, -0.15) is 13.2 Å². The summed E-state index contributed by atoms with van der Waals surface area (Å²) in [6, 6.07) is 14.9. The Morgan fingerprint density at radius 3 is 2.29 bits per heavy atom. The first-order valence-electron chi connectivity index (χ1n) is 9.44. The Bertz CT molecular complexity index is 1200. The van der Waals surface area contributed by atoms with Crippen LogP contribution in [0.1, 0.15) is 48.6 Å². The number of para-hydroxylation sites is 1. The van der Waals surface area contributed by atoms with E-state index in [-0.39, 0.29) is 17.1 Å². The van der Waals surface area contributed by atoms with E-state index in [0.29, 0.717) is 24.0 Å². The number of aryl methyl sites for hydroxylation is 1. The standard InChI is InChI=1S/C24H15F3O4/c25-24(26,27)19-8-4-7-18(22(30)21(29)14-5-2-1-3-6-14)23(19)31-16-10-11-17-15(13-16)9-12-20(17)28/h1-8,10-11,13H,9,12H2. The number of Topliss-reactive ketones (excluding diaryl/α,β-unsaturated/α-hetero) is 3. The van der Waals surface area contributed by atoms with Gasteiger partial charge in [-0.25, -0.2) is 0 Å². The fraction of sp³-hybridized carbons (Fsp3) is 0.125. The highest BCUT2D eigenvalue weighted by Crippen LogP contribution is 2.41. The molecule has 0 aliphatic heterocycles. The van der Waals surface area contributed by atoms with Gasteiger partial charge in [0.15, 0.2) is 11.5 Å². The fourth-order valence-electron chi connectivity index (χ4n) is 3.51. The molecule has 7 heteroatoms. The lowest BCUT2D eigenvalue weighted by Crippen LogP contribution is -2.17. The Hall–Kier alpha value is -3.74. The number of rotatable bonds is 5. The zero-order chi connectivity index (χ0) is 22.2. The van der Waals surface area contributed by atoms with Gasteiger partial charge in [0.2, 0.25) is 11.6 Å². The van der Waals surface area contributed by atoms with E-state index in [1.165, 1.54) is 30.3 Å². The molecule has 1 aliphatic rings. The fourth-order valence-corrected chi connectivity index (χ4v) is 3.51. The molecule has 0 radical (unpaired) electrons. The Labute approximate surface area is 175 Å². The van der Waals surface area contributed by atoms with Crippen molar-refractivity contribution in [3.63, 3.8) is 0 Å². The van der Waals surface area contributed by atoms with Crippen LogP contribution < -0.4 is 4.74 Å². The summed E-state index contributed by atoms with van der Waals surface area (Å²) in [5.74, 6) is -2.78. The summed E-state index contributed by atoms with van der Waals surface area (Å²) in [6.45, 7) is 0. The number of hydrogen-bond donors (Lipinski definition) is 0. The van der Waals surface area contributed by atoms with Gasteiger partial charge in [0.05, 0.1) is 11.1 Å². The van der Waals surface area contributed by atoms with Crippen LogP contribution in [-0.2, 0) is 12.6 Å². The number of carbonyl (C=O) groups excluding carboxylic acids is 3. The molecule has 4 nitrogen and oxygen atoms in total. The smallest absolute Gasteiger partial charge is 0.420 e. The van der Waals surface area contributed by atoms with Gasteiger partial charge in [-0.1, -0.05) is 36.4 Å². The summed E-state index contributed by atoms with van der Waals surface area (Å²) in [5.41, 5.74) is -0.421. The molecule has 0 bridgehead atoms.